The summed E-state index contributed by atoms with van der Waals surface area (Å²) in [7, 11) is 0. The van der Waals surface area contributed by atoms with Crippen LogP contribution in [-0.4, -0.2) is 28.6 Å². The highest BCUT2D eigenvalue weighted by molar-refractivity contribution is 7.99. The lowest BCUT2D eigenvalue weighted by Gasteiger charge is -2.11. The molecule has 3 N–H and O–H groups in total. The van der Waals surface area contributed by atoms with Gasteiger partial charge in [-0.25, -0.2) is 0 Å². The summed E-state index contributed by atoms with van der Waals surface area (Å²) in [5.74, 6) is -0.933. The molecule has 3 nitrogen and oxygen atoms in total. The molecular formula is C5H11NO2S. The summed E-state index contributed by atoms with van der Waals surface area (Å²) in [6.07, 6.45) is 1.84. The Balaban J connectivity index is 3.72. The summed E-state index contributed by atoms with van der Waals surface area (Å²) >= 11 is 1.46. The number of hydrogen-bond acceptors (Lipinski definition) is 3. The zero-order valence-corrected chi connectivity index (χ0v) is 6.31. The summed E-state index contributed by atoms with van der Waals surface area (Å²) < 4.78 is 0. The van der Waals surface area contributed by atoms with Crippen LogP contribution in [0.2, 0.25) is 0 Å². The van der Waals surface area contributed by atoms with E-state index in [1.807, 2.05) is 6.26 Å². The van der Waals surface area contributed by atoms with Crippen molar-refractivity contribution in [2.24, 2.45) is 5.73 Å². The summed E-state index contributed by atoms with van der Waals surface area (Å²) in [5.41, 5.74) is 5.25. The van der Waals surface area contributed by atoms with Gasteiger partial charge in [0.05, 0.1) is 0 Å². The summed E-state index contributed by atoms with van der Waals surface area (Å²) in [6.45, 7) is 1.80. The lowest BCUT2D eigenvalue weighted by molar-refractivity contribution is -0.138. The zero-order chi connectivity index (χ0) is 7.44. The van der Waals surface area contributed by atoms with Gasteiger partial charge in [-0.05, 0) is 6.26 Å². The summed E-state index contributed by atoms with van der Waals surface area (Å²) in [6, 6.07) is -0.736. The van der Waals surface area contributed by atoms with E-state index in [9.17, 15) is 4.79 Å². The fraction of sp³-hybridized carbons (Fsp3) is 0.800. The number of nitrogens with two attached hydrogens (primary N) is 1. The molecule has 0 fully saturated rings. The molecule has 0 saturated carbocycles. The van der Waals surface area contributed by atoms with Gasteiger partial charge in [-0.15, -0.1) is 0 Å². The van der Waals surface area contributed by atoms with Gasteiger partial charge in [-0.3, -0.25) is 4.79 Å². The molecule has 2 atom stereocenters. The van der Waals surface area contributed by atoms with Crippen LogP contribution < -0.4 is 5.73 Å². The van der Waals surface area contributed by atoms with E-state index in [1.165, 1.54) is 11.8 Å². The Morgan fingerprint density at radius 2 is 2.22 bits per heavy atom. The monoisotopic (exact) mass is 149 g/mol. The fourth-order valence-corrected chi connectivity index (χ4v) is 0.757. The number of aliphatic carboxylic acids is 1. The van der Waals surface area contributed by atoms with Gasteiger partial charge in [-0.1, -0.05) is 6.92 Å². The Hall–Kier alpha value is -0.220. The predicted molar refractivity (Wildman–Crippen MR) is 38.6 cm³/mol. The smallest absolute Gasteiger partial charge is 0.321 e. The first kappa shape index (κ1) is 8.78. The van der Waals surface area contributed by atoms with Gasteiger partial charge in [0.15, 0.2) is 0 Å². The molecule has 9 heavy (non-hydrogen) atoms. The number of carboxylic acids is 1. The predicted octanol–water partition coefficient (Wildman–Crippen LogP) is 0.150. The van der Waals surface area contributed by atoms with Crippen molar-refractivity contribution >= 4 is 17.7 Å². The van der Waals surface area contributed by atoms with Crippen molar-refractivity contribution in [3.63, 3.8) is 0 Å². The van der Waals surface area contributed by atoms with Crippen LogP contribution in [0.25, 0.3) is 0 Å². The molecule has 0 aromatic carbocycles. The average Bonchev–Trinajstić information content (AvgIpc) is 1.84. The number of rotatable bonds is 3. The van der Waals surface area contributed by atoms with Gasteiger partial charge in [0.2, 0.25) is 0 Å². The minimum absolute atomic E-state index is 0.0116. The van der Waals surface area contributed by atoms with E-state index in [0.29, 0.717) is 0 Å². The normalized spacial score (nSPS) is 16.8. The largest absolute Gasteiger partial charge is 0.480 e. The summed E-state index contributed by atoms with van der Waals surface area (Å²) in [4.78, 5) is 10.2. The molecular weight excluding hydrogens is 138 g/mol. The third-order valence-electron chi connectivity index (χ3n) is 1.16. The number of hydrogen-bond donors (Lipinski definition) is 2. The molecule has 0 bridgehead atoms. The Kier molecular flexibility index (Phi) is 3.65. The van der Waals surface area contributed by atoms with E-state index in [0.717, 1.165) is 0 Å². The lowest BCUT2D eigenvalue weighted by Crippen LogP contribution is -2.38. The van der Waals surface area contributed by atoms with Crippen LogP contribution >= 0.6 is 11.8 Å². The second-order valence-corrected chi connectivity index (χ2v) is 3.02. The van der Waals surface area contributed by atoms with Crippen LogP contribution in [0.4, 0.5) is 0 Å². The highest BCUT2D eigenvalue weighted by Crippen LogP contribution is 2.07. The molecule has 0 unspecified atom stereocenters. The fourth-order valence-electron chi connectivity index (χ4n) is 0.347. The second-order valence-electron chi connectivity index (χ2n) is 1.80. The third kappa shape index (κ3) is 2.72. The van der Waals surface area contributed by atoms with Crippen molar-refractivity contribution < 1.29 is 9.90 Å². The van der Waals surface area contributed by atoms with Crippen molar-refractivity contribution in [2.75, 3.05) is 6.26 Å². The topological polar surface area (TPSA) is 63.3 Å². The van der Waals surface area contributed by atoms with E-state index in [1.54, 1.807) is 6.92 Å². The van der Waals surface area contributed by atoms with Crippen LogP contribution in [-0.2, 0) is 4.79 Å². The van der Waals surface area contributed by atoms with Crippen molar-refractivity contribution in [2.45, 2.75) is 18.2 Å². The van der Waals surface area contributed by atoms with Gasteiger partial charge in [0.1, 0.15) is 6.04 Å². The molecule has 4 heteroatoms. The third-order valence-corrected chi connectivity index (χ3v) is 2.20. The molecule has 0 rings (SSSR count). The maximum absolute atomic E-state index is 10.2. The zero-order valence-electron chi connectivity index (χ0n) is 5.50. The van der Waals surface area contributed by atoms with Crippen LogP contribution in [0.5, 0.6) is 0 Å². The standard InChI is InChI=1S/C5H11NO2S/c1-3(9-2)4(6)5(7)8/h3-4H,6H2,1-2H3,(H,7,8)/t3-,4+/m0/s1. The molecule has 0 heterocycles. The quantitative estimate of drug-likeness (QED) is 0.599. The molecule has 0 aliphatic carbocycles. The van der Waals surface area contributed by atoms with Crippen LogP contribution in [0.3, 0.4) is 0 Å². The van der Waals surface area contributed by atoms with E-state index in [-0.39, 0.29) is 5.25 Å². The first-order valence-corrected chi connectivity index (χ1v) is 3.89. The van der Waals surface area contributed by atoms with E-state index < -0.39 is 12.0 Å². The molecule has 0 amide bonds. The summed E-state index contributed by atoms with van der Waals surface area (Å²) in [5, 5.41) is 8.33. The van der Waals surface area contributed by atoms with Gasteiger partial charge in [0, 0.05) is 5.25 Å². The van der Waals surface area contributed by atoms with E-state index in [2.05, 4.69) is 0 Å². The minimum atomic E-state index is -0.933. The van der Waals surface area contributed by atoms with Gasteiger partial charge in [0.25, 0.3) is 0 Å². The Morgan fingerprint density at radius 3 is 2.33 bits per heavy atom. The maximum atomic E-state index is 10.2. The van der Waals surface area contributed by atoms with Crippen LogP contribution in [0.15, 0.2) is 0 Å². The maximum Gasteiger partial charge on any atom is 0.321 e. The number of carbonyl (C=O) groups is 1. The lowest BCUT2D eigenvalue weighted by atomic mass is 10.2. The molecule has 0 spiro atoms. The molecule has 0 saturated heterocycles. The van der Waals surface area contributed by atoms with Crippen molar-refractivity contribution in [3.8, 4) is 0 Å². The second kappa shape index (κ2) is 3.74. The van der Waals surface area contributed by atoms with E-state index >= 15 is 0 Å². The first-order valence-electron chi connectivity index (χ1n) is 2.60. The van der Waals surface area contributed by atoms with E-state index in [4.69, 9.17) is 10.8 Å². The Morgan fingerprint density at radius 1 is 1.78 bits per heavy atom. The van der Waals surface area contributed by atoms with Gasteiger partial charge in [-0.2, -0.15) is 11.8 Å². The molecule has 0 aliphatic rings. The van der Waals surface area contributed by atoms with Gasteiger partial charge >= 0.3 is 5.97 Å². The average molecular weight is 149 g/mol. The molecule has 0 aromatic rings. The Labute approximate surface area is 58.6 Å². The minimum Gasteiger partial charge on any atom is -0.480 e. The highest BCUT2D eigenvalue weighted by Gasteiger charge is 2.17. The number of carboxylic acid groups (broad SMARTS) is 1. The SMILES string of the molecule is CS[C@@H](C)[C@@H](N)C(=O)O. The highest BCUT2D eigenvalue weighted by atomic mass is 32.2. The van der Waals surface area contributed by atoms with Crippen molar-refractivity contribution in [1.82, 2.24) is 0 Å². The molecule has 0 aromatic heterocycles. The van der Waals surface area contributed by atoms with Crippen molar-refractivity contribution in [1.29, 1.82) is 0 Å². The van der Waals surface area contributed by atoms with Crippen LogP contribution in [0, 0.1) is 0 Å². The number of thioether (sulfide) groups is 1. The van der Waals surface area contributed by atoms with Crippen molar-refractivity contribution in [3.05, 3.63) is 0 Å². The molecule has 54 valence electrons. The van der Waals surface area contributed by atoms with Gasteiger partial charge < -0.3 is 10.8 Å². The molecule has 0 aliphatic heterocycles. The molecule has 0 radical (unpaired) electrons. The first-order chi connectivity index (χ1) is 4.09. The Bertz CT molecular complexity index is 107. The van der Waals surface area contributed by atoms with Crippen LogP contribution in [0.1, 0.15) is 6.92 Å².